The summed E-state index contributed by atoms with van der Waals surface area (Å²) < 4.78 is 7.31. The maximum absolute atomic E-state index is 11.5. The van der Waals surface area contributed by atoms with E-state index >= 15 is 0 Å². The molecule has 6 nitrogen and oxygen atoms in total. The number of thioether (sulfide) groups is 1. The molecule has 122 valence electrons. The zero-order chi connectivity index (χ0) is 16.5. The first-order valence-corrected chi connectivity index (χ1v) is 8.65. The van der Waals surface area contributed by atoms with Crippen LogP contribution in [0.3, 0.4) is 0 Å². The number of nitrogens with zero attached hydrogens (tertiary/aromatic N) is 3. The van der Waals surface area contributed by atoms with Gasteiger partial charge in [0.1, 0.15) is 17.8 Å². The van der Waals surface area contributed by atoms with Gasteiger partial charge in [0.25, 0.3) is 0 Å². The molecule has 0 unspecified atom stereocenters. The lowest BCUT2D eigenvalue weighted by atomic mass is 10.3. The first kappa shape index (κ1) is 15.0. The van der Waals surface area contributed by atoms with Gasteiger partial charge in [-0.05, 0) is 25.0 Å². The first-order valence-electron chi connectivity index (χ1n) is 7.66. The van der Waals surface area contributed by atoms with Gasteiger partial charge < -0.3 is 9.52 Å². The molecule has 0 aliphatic heterocycles. The van der Waals surface area contributed by atoms with Crippen molar-refractivity contribution >= 4 is 11.8 Å². The molecule has 1 aromatic carbocycles. The van der Waals surface area contributed by atoms with Crippen molar-refractivity contribution in [3.05, 3.63) is 64.5 Å². The van der Waals surface area contributed by atoms with Gasteiger partial charge in [-0.3, -0.25) is 9.36 Å². The molecule has 0 atom stereocenters. The minimum absolute atomic E-state index is 0.382. The molecule has 4 rings (SSSR count). The second kappa shape index (κ2) is 6.16. The van der Waals surface area contributed by atoms with E-state index < -0.39 is 5.43 Å². The molecular formula is C17H15N3O3S. The van der Waals surface area contributed by atoms with Crippen LogP contribution < -0.4 is 5.43 Å². The minimum atomic E-state index is -0.444. The monoisotopic (exact) mass is 341 g/mol. The van der Waals surface area contributed by atoms with Crippen molar-refractivity contribution < 1.29 is 9.52 Å². The predicted octanol–water partition coefficient (Wildman–Crippen LogP) is 3.10. The van der Waals surface area contributed by atoms with E-state index in [1.54, 1.807) is 0 Å². The molecule has 0 amide bonds. The second-order valence-corrected chi connectivity index (χ2v) is 6.61. The van der Waals surface area contributed by atoms with E-state index in [-0.39, 0.29) is 5.75 Å². The number of aromatic nitrogens is 3. The van der Waals surface area contributed by atoms with Crippen LogP contribution in [0.4, 0.5) is 0 Å². The molecule has 2 aromatic heterocycles. The smallest absolute Gasteiger partial charge is 0.226 e. The van der Waals surface area contributed by atoms with Crippen LogP contribution in [0.2, 0.25) is 0 Å². The van der Waals surface area contributed by atoms with Crippen LogP contribution in [0.5, 0.6) is 5.75 Å². The molecule has 0 bridgehead atoms. The molecule has 1 N–H and O–H groups in total. The first-order chi connectivity index (χ1) is 11.7. The lowest BCUT2D eigenvalue weighted by molar-refractivity contribution is 0.419. The average molecular weight is 341 g/mol. The zero-order valence-corrected chi connectivity index (χ0v) is 13.6. The number of rotatable bonds is 5. The maximum atomic E-state index is 11.5. The van der Waals surface area contributed by atoms with Gasteiger partial charge in [0.2, 0.25) is 5.43 Å². The van der Waals surface area contributed by atoms with Crippen LogP contribution in [0.1, 0.15) is 30.3 Å². The summed E-state index contributed by atoms with van der Waals surface area (Å²) in [6.45, 7) is 0. The maximum Gasteiger partial charge on any atom is 0.226 e. The summed E-state index contributed by atoms with van der Waals surface area (Å²) in [7, 11) is 0. The van der Waals surface area contributed by atoms with Gasteiger partial charge >= 0.3 is 0 Å². The number of hydrogen-bond acceptors (Lipinski definition) is 6. The van der Waals surface area contributed by atoms with E-state index in [2.05, 4.69) is 14.8 Å². The highest BCUT2D eigenvalue weighted by molar-refractivity contribution is 7.98. The lowest BCUT2D eigenvalue weighted by Gasteiger charge is -2.09. The number of para-hydroxylation sites is 1. The molecule has 24 heavy (non-hydrogen) atoms. The SMILES string of the molecule is O=c1cc(CSc2nnc(C3CC3)n2-c2ccccc2)occ1O. The van der Waals surface area contributed by atoms with Gasteiger partial charge in [-0.1, -0.05) is 30.0 Å². The largest absolute Gasteiger partial charge is 0.502 e. The van der Waals surface area contributed by atoms with Gasteiger partial charge in [-0.15, -0.1) is 10.2 Å². The Kier molecular flexibility index (Phi) is 3.86. The summed E-state index contributed by atoms with van der Waals surface area (Å²) >= 11 is 1.45. The van der Waals surface area contributed by atoms with Crippen molar-refractivity contribution in [3.8, 4) is 11.4 Å². The number of benzene rings is 1. The molecular weight excluding hydrogens is 326 g/mol. The molecule has 2 heterocycles. The Morgan fingerprint density at radius 2 is 2.04 bits per heavy atom. The summed E-state index contributed by atoms with van der Waals surface area (Å²) in [6.07, 6.45) is 3.35. The van der Waals surface area contributed by atoms with Crippen molar-refractivity contribution in [3.63, 3.8) is 0 Å². The highest BCUT2D eigenvalue weighted by Crippen LogP contribution is 2.41. The Hall–Kier alpha value is -2.54. The third-order valence-corrected chi connectivity index (χ3v) is 4.78. The Bertz CT molecular complexity index is 916. The molecule has 1 fully saturated rings. The standard InChI is InChI=1S/C17H15N3O3S/c21-14-8-13(23-9-15(14)22)10-24-17-19-18-16(11-6-7-11)20(17)12-4-2-1-3-5-12/h1-5,8-9,11,22H,6-7,10H2. The third kappa shape index (κ3) is 2.94. The minimum Gasteiger partial charge on any atom is -0.502 e. The topological polar surface area (TPSA) is 81.2 Å². The van der Waals surface area contributed by atoms with Gasteiger partial charge in [0.05, 0.1) is 5.75 Å². The molecule has 1 aliphatic carbocycles. The quantitative estimate of drug-likeness (QED) is 0.718. The summed E-state index contributed by atoms with van der Waals surface area (Å²) in [5, 5.41) is 18.7. The predicted molar refractivity (Wildman–Crippen MR) is 89.5 cm³/mol. The molecule has 3 aromatic rings. The summed E-state index contributed by atoms with van der Waals surface area (Å²) in [6, 6.07) is 11.3. The van der Waals surface area contributed by atoms with E-state index in [4.69, 9.17) is 4.42 Å². The van der Waals surface area contributed by atoms with Crippen molar-refractivity contribution in [2.45, 2.75) is 29.7 Å². The molecule has 7 heteroatoms. The van der Waals surface area contributed by atoms with Crippen LogP contribution in [0, 0.1) is 0 Å². The van der Waals surface area contributed by atoms with Crippen molar-refractivity contribution in [2.24, 2.45) is 0 Å². The highest BCUT2D eigenvalue weighted by Gasteiger charge is 2.31. The second-order valence-electron chi connectivity index (χ2n) is 5.67. The van der Waals surface area contributed by atoms with E-state index in [0.29, 0.717) is 17.4 Å². The van der Waals surface area contributed by atoms with E-state index in [0.717, 1.165) is 35.8 Å². The fourth-order valence-corrected chi connectivity index (χ4v) is 3.30. The van der Waals surface area contributed by atoms with Gasteiger partial charge in [-0.2, -0.15) is 0 Å². The fraction of sp³-hybridized carbons (Fsp3) is 0.235. The Labute approximate surface area is 142 Å². The zero-order valence-electron chi connectivity index (χ0n) is 12.8. The van der Waals surface area contributed by atoms with Crippen LogP contribution in [-0.4, -0.2) is 19.9 Å². The summed E-state index contributed by atoms with van der Waals surface area (Å²) in [5.41, 5.74) is 0.583. The van der Waals surface area contributed by atoms with Crippen molar-refractivity contribution in [1.82, 2.24) is 14.8 Å². The normalized spacial score (nSPS) is 14.0. The van der Waals surface area contributed by atoms with Crippen molar-refractivity contribution in [1.29, 1.82) is 0 Å². The van der Waals surface area contributed by atoms with Gasteiger partial charge in [0.15, 0.2) is 10.9 Å². The molecule has 0 saturated heterocycles. The molecule has 1 aliphatic rings. The Balaban J connectivity index is 1.63. The summed E-state index contributed by atoms with van der Waals surface area (Å²) in [5.74, 6) is 1.99. The van der Waals surface area contributed by atoms with Gasteiger partial charge in [-0.25, -0.2) is 0 Å². The number of aromatic hydroxyl groups is 1. The summed E-state index contributed by atoms with van der Waals surface area (Å²) in [4.78, 5) is 11.5. The lowest BCUT2D eigenvalue weighted by Crippen LogP contribution is -2.02. The molecule has 0 radical (unpaired) electrons. The Morgan fingerprint density at radius 1 is 1.25 bits per heavy atom. The van der Waals surface area contributed by atoms with Crippen LogP contribution >= 0.6 is 11.8 Å². The van der Waals surface area contributed by atoms with Gasteiger partial charge in [0, 0.05) is 17.7 Å². The van der Waals surface area contributed by atoms with E-state index in [1.807, 2.05) is 30.3 Å². The van der Waals surface area contributed by atoms with Crippen molar-refractivity contribution in [2.75, 3.05) is 0 Å². The van der Waals surface area contributed by atoms with Crippen LogP contribution in [0.15, 0.2) is 57.0 Å². The highest BCUT2D eigenvalue weighted by atomic mass is 32.2. The molecule has 0 spiro atoms. The molecule has 1 saturated carbocycles. The van der Waals surface area contributed by atoms with Crippen LogP contribution in [-0.2, 0) is 5.75 Å². The third-order valence-electron chi connectivity index (χ3n) is 3.83. The fourth-order valence-electron chi connectivity index (χ4n) is 2.46. The van der Waals surface area contributed by atoms with E-state index in [1.165, 1.54) is 17.8 Å². The van der Waals surface area contributed by atoms with Crippen LogP contribution in [0.25, 0.3) is 5.69 Å². The van der Waals surface area contributed by atoms with E-state index in [9.17, 15) is 9.90 Å². The average Bonchev–Trinajstić information content (AvgIpc) is 3.36. The Morgan fingerprint density at radius 3 is 2.75 bits per heavy atom. The number of hydrogen-bond donors (Lipinski definition) is 1.